The summed E-state index contributed by atoms with van der Waals surface area (Å²) >= 11 is 0. The maximum Gasteiger partial charge on any atom is 0.225 e. The van der Waals surface area contributed by atoms with Gasteiger partial charge >= 0.3 is 0 Å². The number of hydrogen-bond acceptors (Lipinski definition) is 5. The van der Waals surface area contributed by atoms with Crippen molar-refractivity contribution in [3.63, 3.8) is 0 Å². The van der Waals surface area contributed by atoms with Crippen molar-refractivity contribution in [1.82, 2.24) is 24.4 Å². The second kappa shape index (κ2) is 8.38. The van der Waals surface area contributed by atoms with Crippen LogP contribution in [-0.4, -0.2) is 30.3 Å². The zero-order valence-electron chi connectivity index (χ0n) is 18.7. The van der Waals surface area contributed by atoms with Crippen LogP contribution in [0.4, 0.5) is 5.82 Å². The van der Waals surface area contributed by atoms with Gasteiger partial charge in [-0.3, -0.25) is 4.79 Å². The Balaban J connectivity index is 1.38. The van der Waals surface area contributed by atoms with E-state index in [1.165, 1.54) is 0 Å². The third kappa shape index (κ3) is 4.03. The number of anilines is 1. The van der Waals surface area contributed by atoms with Crippen LogP contribution in [0.3, 0.4) is 0 Å². The van der Waals surface area contributed by atoms with E-state index < -0.39 is 0 Å². The number of carbonyl (C=O) groups is 1. The first-order chi connectivity index (χ1) is 16.0. The predicted molar refractivity (Wildman–Crippen MR) is 125 cm³/mol. The minimum atomic E-state index is -0.0960. The van der Waals surface area contributed by atoms with E-state index in [9.17, 15) is 4.79 Å². The minimum absolute atomic E-state index is 0.0960. The lowest BCUT2D eigenvalue weighted by Crippen LogP contribution is -2.16. The molecule has 1 aromatic carbocycles. The molecule has 33 heavy (non-hydrogen) atoms. The van der Waals surface area contributed by atoms with E-state index in [0.29, 0.717) is 18.7 Å². The first kappa shape index (κ1) is 20.7. The highest BCUT2D eigenvalue weighted by molar-refractivity contribution is 5.91. The molecule has 0 fully saturated rings. The van der Waals surface area contributed by atoms with Crippen molar-refractivity contribution in [1.29, 1.82) is 0 Å². The zero-order chi connectivity index (χ0) is 22.9. The predicted octanol–water partition coefficient (Wildman–Crippen LogP) is 4.67. The van der Waals surface area contributed by atoms with Gasteiger partial charge in [-0.2, -0.15) is 10.2 Å². The summed E-state index contributed by atoms with van der Waals surface area (Å²) in [6.07, 6.45) is 4.12. The van der Waals surface area contributed by atoms with Gasteiger partial charge in [-0.05, 0) is 51.0 Å². The molecule has 8 nitrogen and oxygen atoms in total. The van der Waals surface area contributed by atoms with E-state index in [0.717, 1.165) is 45.2 Å². The number of carbonyl (C=O) groups excluding carboxylic acids is 1. The smallest absolute Gasteiger partial charge is 0.225 e. The van der Waals surface area contributed by atoms with Crippen molar-refractivity contribution in [2.75, 3.05) is 5.32 Å². The number of furan rings is 1. The molecule has 5 aromatic rings. The Labute approximate surface area is 190 Å². The summed E-state index contributed by atoms with van der Waals surface area (Å²) in [7, 11) is 0. The summed E-state index contributed by atoms with van der Waals surface area (Å²) in [5.74, 6) is 0.508. The third-order valence-corrected chi connectivity index (χ3v) is 5.68. The van der Waals surface area contributed by atoms with Gasteiger partial charge < -0.3 is 9.73 Å². The monoisotopic (exact) mass is 440 g/mol. The molecule has 0 spiro atoms. The van der Waals surface area contributed by atoms with Gasteiger partial charge in [0.2, 0.25) is 5.91 Å². The van der Waals surface area contributed by atoms with E-state index in [4.69, 9.17) is 4.42 Å². The van der Waals surface area contributed by atoms with Crippen LogP contribution in [0.25, 0.3) is 22.6 Å². The first-order valence-electron chi connectivity index (χ1n) is 10.8. The van der Waals surface area contributed by atoms with Gasteiger partial charge in [0.1, 0.15) is 5.82 Å². The Morgan fingerprint density at radius 1 is 1.06 bits per heavy atom. The van der Waals surface area contributed by atoms with Gasteiger partial charge in [0.25, 0.3) is 0 Å². The molecule has 5 rings (SSSR count). The van der Waals surface area contributed by atoms with Crippen molar-refractivity contribution in [3.05, 3.63) is 83.7 Å². The summed E-state index contributed by atoms with van der Waals surface area (Å²) < 4.78 is 8.77. The lowest BCUT2D eigenvalue weighted by Gasteiger charge is -2.12. The van der Waals surface area contributed by atoms with E-state index in [2.05, 4.69) is 20.5 Å². The summed E-state index contributed by atoms with van der Waals surface area (Å²) in [4.78, 5) is 17.6. The van der Waals surface area contributed by atoms with E-state index >= 15 is 0 Å². The number of para-hydroxylation sites is 1. The Morgan fingerprint density at radius 3 is 2.64 bits per heavy atom. The molecule has 1 N–H and O–H groups in total. The number of benzene rings is 1. The van der Waals surface area contributed by atoms with Gasteiger partial charge in [-0.25, -0.2) is 14.2 Å². The molecular formula is C25H24N6O2. The van der Waals surface area contributed by atoms with Crippen molar-refractivity contribution in [2.45, 2.75) is 33.6 Å². The van der Waals surface area contributed by atoms with Gasteiger partial charge in [0.15, 0.2) is 5.65 Å². The zero-order valence-corrected chi connectivity index (χ0v) is 18.7. The number of aryl methyl sites for hydroxylation is 3. The molecule has 0 radical (unpaired) electrons. The quantitative estimate of drug-likeness (QED) is 0.414. The van der Waals surface area contributed by atoms with Gasteiger partial charge in [-0.15, -0.1) is 0 Å². The molecule has 0 saturated carbocycles. The highest BCUT2D eigenvalue weighted by atomic mass is 16.3. The summed E-state index contributed by atoms with van der Waals surface area (Å²) in [5.41, 5.74) is 7.14. The Bertz CT molecular complexity index is 1430. The van der Waals surface area contributed by atoms with Crippen molar-refractivity contribution >= 4 is 17.4 Å². The second-order valence-corrected chi connectivity index (χ2v) is 8.04. The van der Waals surface area contributed by atoms with E-state index in [-0.39, 0.29) is 5.91 Å². The molecule has 0 bridgehead atoms. The van der Waals surface area contributed by atoms with Crippen LogP contribution >= 0.6 is 0 Å². The fourth-order valence-corrected chi connectivity index (χ4v) is 4.03. The SMILES string of the molecule is Cc1cc2nc(C)c(CCC(=O)Nc3cc(-c4ccoc4)nn3-c3ccccc3)c(C)n2n1. The molecule has 0 atom stereocenters. The maximum absolute atomic E-state index is 12.9. The van der Waals surface area contributed by atoms with Crippen LogP contribution < -0.4 is 5.32 Å². The number of nitrogens with zero attached hydrogens (tertiary/aromatic N) is 5. The number of fused-ring (bicyclic) bond motifs is 1. The van der Waals surface area contributed by atoms with Crippen LogP contribution in [-0.2, 0) is 11.2 Å². The fraction of sp³-hybridized carbons (Fsp3) is 0.200. The molecule has 8 heteroatoms. The summed E-state index contributed by atoms with van der Waals surface area (Å²) in [5, 5.41) is 12.2. The van der Waals surface area contributed by atoms with Crippen molar-refractivity contribution in [3.8, 4) is 16.9 Å². The van der Waals surface area contributed by atoms with Crippen LogP contribution in [0.2, 0.25) is 0 Å². The molecule has 4 aromatic heterocycles. The standard InChI is InChI=1S/C25H24N6O2/c1-16-13-23-26-17(2)21(18(3)30(23)28-16)9-10-25(32)27-24-14-22(19-11-12-33-15-19)29-31(24)20-7-5-4-6-8-20/h4-8,11-15H,9-10H2,1-3H3,(H,27,32). The molecule has 1 amide bonds. The Hall–Kier alpha value is -4.20. The molecule has 4 heterocycles. The highest BCUT2D eigenvalue weighted by Crippen LogP contribution is 2.25. The molecule has 0 aliphatic rings. The van der Waals surface area contributed by atoms with E-state index in [1.807, 2.05) is 73.8 Å². The van der Waals surface area contributed by atoms with Gasteiger partial charge in [0, 0.05) is 35.5 Å². The second-order valence-electron chi connectivity index (χ2n) is 8.04. The fourth-order valence-electron chi connectivity index (χ4n) is 4.03. The van der Waals surface area contributed by atoms with Crippen LogP contribution in [0.15, 0.2) is 65.5 Å². The molecule has 0 unspecified atom stereocenters. The average molecular weight is 441 g/mol. The topological polar surface area (TPSA) is 90.3 Å². The number of hydrogen-bond donors (Lipinski definition) is 1. The molecule has 0 saturated heterocycles. The normalized spacial score (nSPS) is 11.2. The minimum Gasteiger partial charge on any atom is -0.472 e. The summed E-state index contributed by atoms with van der Waals surface area (Å²) in [6, 6.07) is 15.4. The van der Waals surface area contributed by atoms with Gasteiger partial charge in [-0.1, -0.05) is 18.2 Å². The number of aromatic nitrogens is 5. The lowest BCUT2D eigenvalue weighted by atomic mass is 10.1. The third-order valence-electron chi connectivity index (χ3n) is 5.68. The van der Waals surface area contributed by atoms with Crippen LogP contribution in [0.5, 0.6) is 0 Å². The summed E-state index contributed by atoms with van der Waals surface area (Å²) in [6.45, 7) is 5.94. The molecular weight excluding hydrogens is 416 g/mol. The molecule has 0 aliphatic carbocycles. The Kier molecular flexibility index (Phi) is 5.26. The van der Waals surface area contributed by atoms with Gasteiger partial charge in [0.05, 0.1) is 29.6 Å². The van der Waals surface area contributed by atoms with Crippen LogP contribution in [0, 0.1) is 20.8 Å². The maximum atomic E-state index is 12.9. The number of amides is 1. The van der Waals surface area contributed by atoms with Crippen molar-refractivity contribution in [2.24, 2.45) is 0 Å². The molecule has 166 valence electrons. The number of nitrogens with one attached hydrogen (secondary N) is 1. The largest absolute Gasteiger partial charge is 0.472 e. The van der Waals surface area contributed by atoms with Crippen LogP contribution in [0.1, 0.15) is 29.1 Å². The van der Waals surface area contributed by atoms with E-state index in [1.54, 1.807) is 17.2 Å². The van der Waals surface area contributed by atoms with Crippen molar-refractivity contribution < 1.29 is 9.21 Å². The Morgan fingerprint density at radius 2 is 1.88 bits per heavy atom. The number of rotatable bonds is 6. The molecule has 0 aliphatic heterocycles. The average Bonchev–Trinajstić information content (AvgIpc) is 3.54. The lowest BCUT2D eigenvalue weighted by molar-refractivity contribution is -0.116. The highest BCUT2D eigenvalue weighted by Gasteiger charge is 2.16. The first-order valence-corrected chi connectivity index (χ1v) is 10.8.